The SMILES string of the molecule is CCC(CCO)NC(=O)c1cc2cc(N)ccc2s1. The molecule has 1 aromatic heterocycles. The molecule has 5 heteroatoms. The summed E-state index contributed by atoms with van der Waals surface area (Å²) < 4.78 is 1.05. The molecular weight excluding hydrogens is 260 g/mol. The van der Waals surface area contributed by atoms with Crippen molar-refractivity contribution >= 4 is 33.0 Å². The molecule has 2 aromatic rings. The number of nitrogens with two attached hydrogens (primary N) is 1. The molecule has 0 aliphatic rings. The van der Waals surface area contributed by atoms with Crippen molar-refractivity contribution in [2.75, 3.05) is 12.3 Å². The highest BCUT2D eigenvalue weighted by atomic mass is 32.1. The fourth-order valence-corrected chi connectivity index (χ4v) is 2.91. The molecule has 0 bridgehead atoms. The normalized spacial score (nSPS) is 12.5. The molecule has 102 valence electrons. The lowest BCUT2D eigenvalue weighted by Gasteiger charge is -2.14. The number of anilines is 1. The molecule has 0 spiro atoms. The molecule has 1 heterocycles. The van der Waals surface area contributed by atoms with Crippen molar-refractivity contribution in [2.45, 2.75) is 25.8 Å². The predicted molar refractivity (Wildman–Crippen MR) is 79.5 cm³/mol. The van der Waals surface area contributed by atoms with Crippen LogP contribution in [0.1, 0.15) is 29.4 Å². The summed E-state index contributed by atoms with van der Waals surface area (Å²) in [5.41, 5.74) is 6.43. The Labute approximate surface area is 116 Å². The van der Waals surface area contributed by atoms with Crippen molar-refractivity contribution in [1.29, 1.82) is 0 Å². The van der Waals surface area contributed by atoms with Gasteiger partial charge in [-0.15, -0.1) is 11.3 Å². The van der Waals surface area contributed by atoms with Gasteiger partial charge in [0.05, 0.1) is 4.88 Å². The quantitative estimate of drug-likeness (QED) is 0.735. The maximum atomic E-state index is 12.1. The molecule has 0 aliphatic carbocycles. The third-order valence-electron chi connectivity index (χ3n) is 3.07. The van der Waals surface area contributed by atoms with E-state index in [1.165, 1.54) is 11.3 Å². The summed E-state index contributed by atoms with van der Waals surface area (Å²) in [5.74, 6) is -0.0833. The first-order valence-electron chi connectivity index (χ1n) is 6.34. The first-order valence-corrected chi connectivity index (χ1v) is 7.16. The first-order chi connectivity index (χ1) is 9.13. The Bertz CT molecular complexity index is 580. The Kier molecular flexibility index (Phi) is 4.39. The number of carbonyl (C=O) groups is 1. The lowest BCUT2D eigenvalue weighted by molar-refractivity contribution is 0.0933. The van der Waals surface area contributed by atoms with Gasteiger partial charge in [0.2, 0.25) is 0 Å². The number of hydrogen-bond donors (Lipinski definition) is 3. The summed E-state index contributed by atoms with van der Waals surface area (Å²) in [4.78, 5) is 12.8. The van der Waals surface area contributed by atoms with E-state index in [0.29, 0.717) is 17.0 Å². The van der Waals surface area contributed by atoms with Gasteiger partial charge in [0.25, 0.3) is 5.91 Å². The number of thiophene rings is 1. The summed E-state index contributed by atoms with van der Waals surface area (Å²) in [7, 11) is 0. The van der Waals surface area contributed by atoms with E-state index < -0.39 is 0 Å². The molecule has 2 rings (SSSR count). The second-order valence-electron chi connectivity index (χ2n) is 4.50. The van der Waals surface area contributed by atoms with Gasteiger partial charge in [0.15, 0.2) is 0 Å². The van der Waals surface area contributed by atoms with Crippen LogP contribution in [0.2, 0.25) is 0 Å². The zero-order chi connectivity index (χ0) is 13.8. The molecule has 1 atom stereocenters. The van der Waals surface area contributed by atoms with Crippen LogP contribution in [0.5, 0.6) is 0 Å². The number of rotatable bonds is 5. The molecule has 1 aromatic carbocycles. The fourth-order valence-electron chi connectivity index (χ4n) is 1.96. The zero-order valence-corrected chi connectivity index (χ0v) is 11.7. The summed E-state index contributed by atoms with van der Waals surface area (Å²) in [5, 5.41) is 12.9. The molecule has 0 fully saturated rings. The molecule has 0 radical (unpaired) electrons. The number of aliphatic hydroxyl groups excluding tert-OH is 1. The van der Waals surface area contributed by atoms with E-state index in [-0.39, 0.29) is 18.6 Å². The van der Waals surface area contributed by atoms with Crippen LogP contribution >= 0.6 is 11.3 Å². The van der Waals surface area contributed by atoms with E-state index in [1.54, 1.807) is 0 Å². The fraction of sp³-hybridized carbons (Fsp3) is 0.357. The van der Waals surface area contributed by atoms with Crippen LogP contribution in [0, 0.1) is 0 Å². The van der Waals surface area contributed by atoms with Crippen LogP contribution < -0.4 is 11.1 Å². The summed E-state index contributed by atoms with van der Waals surface area (Å²) in [6, 6.07) is 7.51. The lowest BCUT2D eigenvalue weighted by atomic mass is 10.1. The van der Waals surface area contributed by atoms with Crippen LogP contribution in [0.25, 0.3) is 10.1 Å². The minimum Gasteiger partial charge on any atom is -0.399 e. The molecule has 4 N–H and O–H groups in total. The van der Waals surface area contributed by atoms with Crippen molar-refractivity contribution < 1.29 is 9.90 Å². The van der Waals surface area contributed by atoms with Gasteiger partial charge in [-0.2, -0.15) is 0 Å². The third-order valence-corrected chi connectivity index (χ3v) is 4.18. The van der Waals surface area contributed by atoms with Crippen molar-refractivity contribution in [3.8, 4) is 0 Å². The summed E-state index contributed by atoms with van der Waals surface area (Å²) in [6.45, 7) is 2.08. The number of aliphatic hydroxyl groups is 1. The van der Waals surface area contributed by atoms with Gasteiger partial charge in [0.1, 0.15) is 0 Å². The minimum absolute atomic E-state index is 0.0211. The average Bonchev–Trinajstić information content (AvgIpc) is 2.81. The Balaban J connectivity index is 2.17. The maximum Gasteiger partial charge on any atom is 0.261 e. The number of amides is 1. The molecule has 0 aliphatic heterocycles. The van der Waals surface area contributed by atoms with E-state index in [0.717, 1.165) is 16.5 Å². The average molecular weight is 278 g/mol. The van der Waals surface area contributed by atoms with Crippen LogP contribution in [-0.4, -0.2) is 23.7 Å². The Hall–Kier alpha value is -1.59. The molecule has 4 nitrogen and oxygen atoms in total. The van der Waals surface area contributed by atoms with E-state index in [2.05, 4.69) is 5.32 Å². The summed E-state index contributed by atoms with van der Waals surface area (Å²) in [6.07, 6.45) is 1.39. The van der Waals surface area contributed by atoms with Crippen molar-refractivity contribution in [2.24, 2.45) is 0 Å². The van der Waals surface area contributed by atoms with Gasteiger partial charge in [-0.1, -0.05) is 6.92 Å². The second kappa shape index (κ2) is 6.04. The molecule has 1 unspecified atom stereocenters. The number of carbonyl (C=O) groups excluding carboxylic acids is 1. The van der Waals surface area contributed by atoms with Gasteiger partial charge in [-0.05, 0) is 42.5 Å². The topological polar surface area (TPSA) is 75.3 Å². The molecular formula is C14H18N2O2S. The van der Waals surface area contributed by atoms with Crippen molar-refractivity contribution in [3.05, 3.63) is 29.1 Å². The zero-order valence-electron chi connectivity index (χ0n) is 10.8. The lowest BCUT2D eigenvalue weighted by Crippen LogP contribution is -2.34. The Morgan fingerprint density at radius 3 is 2.95 bits per heavy atom. The number of nitrogens with one attached hydrogen (secondary N) is 1. The first kappa shape index (κ1) is 13.8. The number of nitrogen functional groups attached to an aromatic ring is 1. The monoisotopic (exact) mass is 278 g/mol. The predicted octanol–water partition coefficient (Wildman–Crippen LogP) is 2.37. The van der Waals surface area contributed by atoms with Gasteiger partial charge in [-0.25, -0.2) is 0 Å². The van der Waals surface area contributed by atoms with E-state index in [9.17, 15) is 4.79 Å². The highest BCUT2D eigenvalue weighted by molar-refractivity contribution is 7.20. The van der Waals surface area contributed by atoms with Crippen LogP contribution in [0.15, 0.2) is 24.3 Å². The van der Waals surface area contributed by atoms with Crippen LogP contribution in [0.3, 0.4) is 0 Å². The largest absolute Gasteiger partial charge is 0.399 e. The van der Waals surface area contributed by atoms with Gasteiger partial charge in [0, 0.05) is 23.0 Å². The molecule has 1 amide bonds. The Morgan fingerprint density at radius 2 is 2.26 bits per heavy atom. The molecule has 0 saturated heterocycles. The highest BCUT2D eigenvalue weighted by Gasteiger charge is 2.14. The van der Waals surface area contributed by atoms with Crippen molar-refractivity contribution in [1.82, 2.24) is 5.32 Å². The Morgan fingerprint density at radius 1 is 1.47 bits per heavy atom. The highest BCUT2D eigenvalue weighted by Crippen LogP contribution is 2.27. The number of fused-ring (bicyclic) bond motifs is 1. The van der Waals surface area contributed by atoms with E-state index in [4.69, 9.17) is 10.8 Å². The van der Waals surface area contributed by atoms with Crippen molar-refractivity contribution in [3.63, 3.8) is 0 Å². The van der Waals surface area contributed by atoms with Crippen LogP contribution in [-0.2, 0) is 0 Å². The molecule has 0 saturated carbocycles. The minimum atomic E-state index is -0.0833. The standard InChI is InChI=1S/C14H18N2O2S/c1-2-11(5-6-17)16-14(18)13-8-9-7-10(15)3-4-12(9)19-13/h3-4,7-8,11,17H,2,5-6,15H2,1H3,(H,16,18). The number of hydrogen-bond acceptors (Lipinski definition) is 4. The van der Waals surface area contributed by atoms with Gasteiger partial charge < -0.3 is 16.2 Å². The maximum absolute atomic E-state index is 12.1. The number of benzene rings is 1. The van der Waals surface area contributed by atoms with E-state index >= 15 is 0 Å². The molecule has 19 heavy (non-hydrogen) atoms. The second-order valence-corrected chi connectivity index (χ2v) is 5.58. The van der Waals surface area contributed by atoms with Gasteiger partial charge in [-0.3, -0.25) is 4.79 Å². The third kappa shape index (κ3) is 3.24. The summed E-state index contributed by atoms with van der Waals surface area (Å²) >= 11 is 1.45. The smallest absolute Gasteiger partial charge is 0.261 e. The van der Waals surface area contributed by atoms with E-state index in [1.807, 2.05) is 31.2 Å². The van der Waals surface area contributed by atoms with Crippen LogP contribution in [0.4, 0.5) is 5.69 Å². The van der Waals surface area contributed by atoms with Gasteiger partial charge >= 0.3 is 0 Å².